The van der Waals surface area contributed by atoms with Gasteiger partial charge in [-0.05, 0) is 61.7 Å². The molecule has 0 atom stereocenters. The molecular formula is C19H20FNS. The third-order valence-electron chi connectivity index (χ3n) is 3.98. The first-order chi connectivity index (χ1) is 10.6. The van der Waals surface area contributed by atoms with Crippen LogP contribution in [0, 0.1) is 19.7 Å². The van der Waals surface area contributed by atoms with Gasteiger partial charge < -0.3 is 5.32 Å². The van der Waals surface area contributed by atoms with Crippen LogP contribution in [0.1, 0.15) is 23.1 Å². The minimum absolute atomic E-state index is 0.139. The number of rotatable bonds is 3. The second-order valence-corrected chi connectivity index (χ2v) is 6.73. The van der Waals surface area contributed by atoms with E-state index in [1.807, 2.05) is 13.0 Å². The maximum Gasteiger partial charge on any atom is 0.127 e. The smallest absolute Gasteiger partial charge is 0.127 e. The van der Waals surface area contributed by atoms with Crippen LogP contribution in [0.25, 0.3) is 5.57 Å². The molecule has 1 aliphatic rings. The van der Waals surface area contributed by atoms with E-state index in [0.29, 0.717) is 0 Å². The number of hydrogen-bond acceptors (Lipinski definition) is 2. The van der Waals surface area contributed by atoms with Crippen LogP contribution < -0.4 is 5.32 Å². The normalized spacial score (nSPS) is 14.8. The van der Waals surface area contributed by atoms with Crippen LogP contribution in [-0.4, -0.2) is 13.1 Å². The molecule has 1 aliphatic heterocycles. The van der Waals surface area contributed by atoms with Gasteiger partial charge in [-0.2, -0.15) is 0 Å². The van der Waals surface area contributed by atoms with E-state index in [1.165, 1.54) is 27.7 Å². The molecule has 3 rings (SSSR count). The van der Waals surface area contributed by atoms with E-state index in [9.17, 15) is 4.39 Å². The summed E-state index contributed by atoms with van der Waals surface area (Å²) >= 11 is 1.66. The zero-order valence-corrected chi connectivity index (χ0v) is 13.8. The highest BCUT2D eigenvalue weighted by Crippen LogP contribution is 2.37. The molecule has 0 radical (unpaired) electrons. The summed E-state index contributed by atoms with van der Waals surface area (Å²) in [5, 5.41) is 3.35. The molecule has 2 aromatic carbocycles. The lowest BCUT2D eigenvalue weighted by Gasteiger charge is -2.18. The van der Waals surface area contributed by atoms with Gasteiger partial charge >= 0.3 is 0 Å². The lowest BCUT2D eigenvalue weighted by molar-refractivity contribution is 0.613. The first-order valence-electron chi connectivity index (χ1n) is 7.59. The monoisotopic (exact) mass is 313 g/mol. The fourth-order valence-corrected chi connectivity index (χ4v) is 3.74. The van der Waals surface area contributed by atoms with Crippen molar-refractivity contribution in [3.63, 3.8) is 0 Å². The zero-order chi connectivity index (χ0) is 15.5. The SMILES string of the molecule is Cc1ccc(Sc2cccc(F)c2C)c(C2=CCNCC2)c1. The van der Waals surface area contributed by atoms with Gasteiger partial charge in [0.2, 0.25) is 0 Å². The topological polar surface area (TPSA) is 12.0 Å². The van der Waals surface area contributed by atoms with Crippen molar-refractivity contribution < 1.29 is 4.39 Å². The van der Waals surface area contributed by atoms with Crippen molar-refractivity contribution in [1.82, 2.24) is 5.32 Å². The lowest BCUT2D eigenvalue weighted by Crippen LogP contribution is -2.20. The van der Waals surface area contributed by atoms with Crippen LogP contribution >= 0.6 is 11.8 Å². The first kappa shape index (κ1) is 15.3. The first-order valence-corrected chi connectivity index (χ1v) is 8.40. The van der Waals surface area contributed by atoms with E-state index >= 15 is 0 Å². The van der Waals surface area contributed by atoms with Gasteiger partial charge in [0.15, 0.2) is 0 Å². The summed E-state index contributed by atoms with van der Waals surface area (Å²) in [7, 11) is 0. The van der Waals surface area contributed by atoms with Gasteiger partial charge in [-0.3, -0.25) is 0 Å². The molecule has 0 saturated carbocycles. The Morgan fingerprint density at radius 1 is 1.09 bits per heavy atom. The molecule has 2 aromatic rings. The largest absolute Gasteiger partial charge is 0.313 e. The molecule has 0 aliphatic carbocycles. The molecule has 22 heavy (non-hydrogen) atoms. The summed E-state index contributed by atoms with van der Waals surface area (Å²) in [4.78, 5) is 2.19. The van der Waals surface area contributed by atoms with Gasteiger partial charge in [-0.1, -0.05) is 41.6 Å². The van der Waals surface area contributed by atoms with Gasteiger partial charge in [0, 0.05) is 16.3 Å². The quantitative estimate of drug-likeness (QED) is 0.858. The Balaban J connectivity index is 2.00. The number of nitrogens with one attached hydrogen (secondary N) is 1. The average molecular weight is 313 g/mol. The van der Waals surface area contributed by atoms with E-state index in [2.05, 4.69) is 36.5 Å². The highest BCUT2D eigenvalue weighted by Gasteiger charge is 2.13. The van der Waals surface area contributed by atoms with Gasteiger partial charge in [0.1, 0.15) is 5.82 Å². The van der Waals surface area contributed by atoms with Crippen molar-refractivity contribution in [3.05, 3.63) is 65.0 Å². The molecule has 0 saturated heterocycles. The van der Waals surface area contributed by atoms with Crippen molar-refractivity contribution in [2.75, 3.05) is 13.1 Å². The van der Waals surface area contributed by atoms with Crippen LogP contribution in [0.15, 0.2) is 52.3 Å². The van der Waals surface area contributed by atoms with E-state index in [4.69, 9.17) is 0 Å². The van der Waals surface area contributed by atoms with Gasteiger partial charge in [-0.15, -0.1) is 0 Å². The van der Waals surface area contributed by atoms with Crippen LogP contribution in [0.5, 0.6) is 0 Å². The summed E-state index contributed by atoms with van der Waals surface area (Å²) in [5.74, 6) is -0.139. The predicted molar refractivity (Wildman–Crippen MR) is 91.9 cm³/mol. The van der Waals surface area contributed by atoms with E-state index in [0.717, 1.165) is 30.0 Å². The lowest BCUT2D eigenvalue weighted by atomic mass is 9.99. The summed E-state index contributed by atoms with van der Waals surface area (Å²) < 4.78 is 13.8. The van der Waals surface area contributed by atoms with Gasteiger partial charge in [0.05, 0.1) is 0 Å². The second-order valence-electron chi connectivity index (χ2n) is 5.65. The van der Waals surface area contributed by atoms with Crippen LogP contribution in [-0.2, 0) is 0 Å². The van der Waals surface area contributed by atoms with Gasteiger partial charge in [0.25, 0.3) is 0 Å². The summed E-state index contributed by atoms with van der Waals surface area (Å²) in [6.07, 6.45) is 3.31. The number of halogens is 1. The molecule has 0 amide bonds. The molecule has 0 unspecified atom stereocenters. The number of hydrogen-bond donors (Lipinski definition) is 1. The van der Waals surface area contributed by atoms with Crippen molar-refractivity contribution in [1.29, 1.82) is 0 Å². The van der Waals surface area contributed by atoms with Crippen molar-refractivity contribution >= 4 is 17.3 Å². The average Bonchev–Trinajstić information content (AvgIpc) is 2.54. The molecule has 1 N–H and O–H groups in total. The summed E-state index contributed by atoms with van der Waals surface area (Å²) in [5.41, 5.74) is 4.65. The maximum atomic E-state index is 13.8. The van der Waals surface area contributed by atoms with E-state index in [-0.39, 0.29) is 5.82 Å². The molecule has 0 fully saturated rings. The molecule has 0 aromatic heterocycles. The predicted octanol–water partition coefficient (Wildman–Crippen LogP) is 4.97. The highest BCUT2D eigenvalue weighted by molar-refractivity contribution is 7.99. The van der Waals surface area contributed by atoms with Crippen LogP contribution in [0.4, 0.5) is 4.39 Å². The maximum absolute atomic E-state index is 13.8. The van der Waals surface area contributed by atoms with E-state index < -0.39 is 0 Å². The fraction of sp³-hybridized carbons (Fsp3) is 0.263. The molecule has 0 bridgehead atoms. The molecule has 1 nitrogen and oxygen atoms in total. The Morgan fingerprint density at radius 2 is 1.95 bits per heavy atom. The second kappa shape index (κ2) is 6.67. The van der Waals surface area contributed by atoms with Crippen molar-refractivity contribution in [3.8, 4) is 0 Å². The molecule has 3 heteroatoms. The van der Waals surface area contributed by atoms with E-state index in [1.54, 1.807) is 17.8 Å². The molecule has 0 spiro atoms. The molecule has 1 heterocycles. The van der Waals surface area contributed by atoms with Crippen LogP contribution in [0.2, 0.25) is 0 Å². The number of aryl methyl sites for hydroxylation is 1. The zero-order valence-electron chi connectivity index (χ0n) is 12.9. The Bertz CT molecular complexity index is 721. The minimum Gasteiger partial charge on any atom is -0.313 e. The third-order valence-corrected chi connectivity index (χ3v) is 5.22. The van der Waals surface area contributed by atoms with Gasteiger partial charge in [-0.25, -0.2) is 4.39 Å². The fourth-order valence-electron chi connectivity index (χ4n) is 2.67. The Morgan fingerprint density at radius 3 is 2.73 bits per heavy atom. The summed E-state index contributed by atoms with van der Waals surface area (Å²) in [6, 6.07) is 11.8. The Kier molecular flexibility index (Phi) is 4.65. The molecule has 114 valence electrons. The third kappa shape index (κ3) is 3.26. The standard InChI is InChI=1S/C19H20FNS/c1-13-6-7-19(16(12-13)15-8-10-21-11-9-15)22-18-5-3-4-17(20)14(18)2/h3-8,12,21H,9-11H2,1-2H3. The minimum atomic E-state index is -0.139. The summed E-state index contributed by atoms with van der Waals surface area (Å²) in [6.45, 7) is 5.90. The van der Waals surface area contributed by atoms with Crippen molar-refractivity contribution in [2.45, 2.75) is 30.1 Å². The van der Waals surface area contributed by atoms with Crippen molar-refractivity contribution in [2.24, 2.45) is 0 Å². The van der Waals surface area contributed by atoms with Crippen LogP contribution in [0.3, 0.4) is 0 Å². The molecular weight excluding hydrogens is 293 g/mol. The Hall–Kier alpha value is -1.58. The number of benzene rings is 2. The Labute approximate surface area is 135 Å². The highest BCUT2D eigenvalue weighted by atomic mass is 32.2.